The number of aromatic nitrogens is 1. The Labute approximate surface area is 127 Å². The molecule has 1 aromatic heterocycles. The Kier molecular flexibility index (Phi) is 5.08. The standard InChI is InChI=1S/C16H29N3S/c1-6-19(11-13-8-7-9-13)15-18-12(2)14(20-15)10-17-16(3,4)5/h13,17H,6-11H2,1-5H3. The van der Waals surface area contributed by atoms with Crippen LogP contribution in [0.5, 0.6) is 0 Å². The zero-order chi connectivity index (χ0) is 14.8. The lowest BCUT2D eigenvalue weighted by atomic mass is 9.85. The molecule has 2 rings (SSSR count). The van der Waals surface area contributed by atoms with Gasteiger partial charge in [0.25, 0.3) is 0 Å². The molecule has 0 radical (unpaired) electrons. The number of hydrogen-bond acceptors (Lipinski definition) is 4. The summed E-state index contributed by atoms with van der Waals surface area (Å²) in [5.41, 5.74) is 1.35. The van der Waals surface area contributed by atoms with Crippen LogP contribution in [0, 0.1) is 12.8 Å². The molecule has 0 aromatic carbocycles. The van der Waals surface area contributed by atoms with Crippen molar-refractivity contribution in [1.82, 2.24) is 10.3 Å². The first kappa shape index (κ1) is 15.8. The Balaban J connectivity index is 2.00. The number of aryl methyl sites for hydroxylation is 1. The molecular formula is C16H29N3S. The maximum atomic E-state index is 4.80. The zero-order valence-corrected chi connectivity index (χ0v) is 14.4. The van der Waals surface area contributed by atoms with Gasteiger partial charge in [0.1, 0.15) is 0 Å². The van der Waals surface area contributed by atoms with Gasteiger partial charge < -0.3 is 10.2 Å². The summed E-state index contributed by atoms with van der Waals surface area (Å²) >= 11 is 1.86. The van der Waals surface area contributed by atoms with E-state index in [0.717, 1.165) is 19.0 Å². The molecule has 114 valence electrons. The number of nitrogens with zero attached hydrogens (tertiary/aromatic N) is 2. The number of anilines is 1. The van der Waals surface area contributed by atoms with E-state index in [1.54, 1.807) is 0 Å². The van der Waals surface area contributed by atoms with Crippen LogP contribution in [0.4, 0.5) is 5.13 Å². The second-order valence-electron chi connectivity index (χ2n) is 6.94. The van der Waals surface area contributed by atoms with Crippen molar-refractivity contribution in [2.45, 2.75) is 66.0 Å². The minimum atomic E-state index is 0.160. The minimum absolute atomic E-state index is 0.160. The van der Waals surface area contributed by atoms with Crippen molar-refractivity contribution in [3.8, 4) is 0 Å². The van der Waals surface area contributed by atoms with Gasteiger partial charge in [-0.3, -0.25) is 0 Å². The van der Waals surface area contributed by atoms with Gasteiger partial charge >= 0.3 is 0 Å². The summed E-state index contributed by atoms with van der Waals surface area (Å²) in [5.74, 6) is 0.898. The summed E-state index contributed by atoms with van der Waals surface area (Å²) in [4.78, 5) is 8.64. The Bertz CT molecular complexity index is 429. The second-order valence-corrected chi connectivity index (χ2v) is 8.01. The second kappa shape index (κ2) is 6.44. The Morgan fingerprint density at radius 1 is 1.35 bits per heavy atom. The topological polar surface area (TPSA) is 28.2 Å². The maximum absolute atomic E-state index is 4.80. The van der Waals surface area contributed by atoms with Crippen molar-refractivity contribution < 1.29 is 0 Å². The van der Waals surface area contributed by atoms with Crippen molar-refractivity contribution in [3.05, 3.63) is 10.6 Å². The van der Waals surface area contributed by atoms with E-state index in [1.807, 2.05) is 11.3 Å². The summed E-state index contributed by atoms with van der Waals surface area (Å²) in [6.07, 6.45) is 4.22. The first-order chi connectivity index (χ1) is 9.39. The molecule has 4 heteroatoms. The van der Waals surface area contributed by atoms with Gasteiger partial charge in [-0.15, -0.1) is 11.3 Å². The number of rotatable bonds is 6. The van der Waals surface area contributed by atoms with Crippen molar-refractivity contribution in [3.63, 3.8) is 0 Å². The average Bonchev–Trinajstić information content (AvgIpc) is 2.66. The van der Waals surface area contributed by atoms with Gasteiger partial charge in [0, 0.05) is 30.1 Å². The lowest BCUT2D eigenvalue weighted by molar-refractivity contribution is 0.318. The highest BCUT2D eigenvalue weighted by Gasteiger charge is 2.22. The van der Waals surface area contributed by atoms with E-state index in [-0.39, 0.29) is 5.54 Å². The van der Waals surface area contributed by atoms with Gasteiger partial charge in [-0.2, -0.15) is 0 Å². The molecule has 1 heterocycles. The smallest absolute Gasteiger partial charge is 0.185 e. The zero-order valence-electron chi connectivity index (χ0n) is 13.6. The molecule has 0 atom stereocenters. The molecule has 0 saturated heterocycles. The van der Waals surface area contributed by atoms with Crippen molar-refractivity contribution in [1.29, 1.82) is 0 Å². The molecule has 0 bridgehead atoms. The summed E-state index contributed by atoms with van der Waals surface area (Å²) in [7, 11) is 0. The summed E-state index contributed by atoms with van der Waals surface area (Å²) < 4.78 is 0. The predicted octanol–water partition coefficient (Wildman–Crippen LogP) is 3.97. The Hall–Kier alpha value is -0.610. The first-order valence-electron chi connectivity index (χ1n) is 7.85. The Morgan fingerprint density at radius 3 is 2.55 bits per heavy atom. The van der Waals surface area contributed by atoms with Gasteiger partial charge in [0.2, 0.25) is 0 Å². The van der Waals surface area contributed by atoms with E-state index in [2.05, 4.69) is 44.8 Å². The van der Waals surface area contributed by atoms with Gasteiger partial charge in [-0.05, 0) is 53.4 Å². The van der Waals surface area contributed by atoms with E-state index >= 15 is 0 Å². The van der Waals surface area contributed by atoms with Crippen LogP contribution < -0.4 is 10.2 Å². The third kappa shape index (κ3) is 4.19. The molecular weight excluding hydrogens is 266 g/mol. The fraction of sp³-hybridized carbons (Fsp3) is 0.812. The normalized spacial score (nSPS) is 16.2. The molecule has 1 aliphatic rings. The van der Waals surface area contributed by atoms with Crippen molar-refractivity contribution in [2.75, 3.05) is 18.0 Å². The van der Waals surface area contributed by atoms with Crippen molar-refractivity contribution >= 4 is 16.5 Å². The van der Waals surface area contributed by atoms with Gasteiger partial charge in [-0.25, -0.2) is 4.98 Å². The summed E-state index contributed by atoms with van der Waals surface area (Å²) in [5, 5.41) is 4.78. The van der Waals surface area contributed by atoms with Gasteiger partial charge in [0.05, 0.1) is 5.69 Å². The largest absolute Gasteiger partial charge is 0.348 e. The quantitative estimate of drug-likeness (QED) is 0.861. The molecule has 1 aromatic rings. The van der Waals surface area contributed by atoms with Crippen LogP contribution in [-0.2, 0) is 6.54 Å². The molecule has 0 amide bonds. The number of thiazole rings is 1. The molecule has 0 aliphatic heterocycles. The highest BCUT2D eigenvalue weighted by Crippen LogP contribution is 2.31. The van der Waals surface area contributed by atoms with Crippen LogP contribution in [0.15, 0.2) is 0 Å². The summed E-state index contributed by atoms with van der Waals surface area (Å²) in [6.45, 7) is 14.2. The monoisotopic (exact) mass is 295 g/mol. The van der Waals surface area contributed by atoms with Crippen LogP contribution in [0.1, 0.15) is 57.5 Å². The van der Waals surface area contributed by atoms with E-state index in [4.69, 9.17) is 4.98 Å². The third-order valence-corrected chi connectivity index (χ3v) is 5.23. The molecule has 1 aliphatic carbocycles. The molecule has 0 spiro atoms. The van der Waals surface area contributed by atoms with Crippen LogP contribution in [0.2, 0.25) is 0 Å². The molecule has 0 unspecified atom stereocenters. The predicted molar refractivity (Wildman–Crippen MR) is 88.7 cm³/mol. The fourth-order valence-electron chi connectivity index (χ4n) is 2.39. The van der Waals surface area contributed by atoms with E-state index < -0.39 is 0 Å². The van der Waals surface area contributed by atoms with E-state index in [9.17, 15) is 0 Å². The molecule has 1 fully saturated rings. The third-order valence-electron chi connectivity index (χ3n) is 4.02. The average molecular weight is 295 g/mol. The minimum Gasteiger partial charge on any atom is -0.348 e. The highest BCUT2D eigenvalue weighted by atomic mass is 32.1. The van der Waals surface area contributed by atoms with Crippen LogP contribution in [0.3, 0.4) is 0 Å². The van der Waals surface area contributed by atoms with E-state index in [0.29, 0.717) is 0 Å². The Morgan fingerprint density at radius 2 is 2.05 bits per heavy atom. The van der Waals surface area contributed by atoms with Gasteiger partial charge in [0.15, 0.2) is 5.13 Å². The molecule has 3 nitrogen and oxygen atoms in total. The van der Waals surface area contributed by atoms with Gasteiger partial charge in [-0.1, -0.05) is 6.42 Å². The highest BCUT2D eigenvalue weighted by molar-refractivity contribution is 7.15. The molecule has 1 saturated carbocycles. The van der Waals surface area contributed by atoms with Crippen molar-refractivity contribution in [2.24, 2.45) is 5.92 Å². The van der Waals surface area contributed by atoms with Crippen LogP contribution in [0.25, 0.3) is 0 Å². The first-order valence-corrected chi connectivity index (χ1v) is 8.67. The van der Waals surface area contributed by atoms with Crippen LogP contribution in [-0.4, -0.2) is 23.6 Å². The molecule has 20 heavy (non-hydrogen) atoms. The molecule has 1 N–H and O–H groups in total. The van der Waals surface area contributed by atoms with E-state index in [1.165, 1.54) is 41.5 Å². The van der Waals surface area contributed by atoms with Crippen LogP contribution >= 0.6 is 11.3 Å². The lowest BCUT2D eigenvalue weighted by Gasteiger charge is -2.31. The number of nitrogens with one attached hydrogen (secondary N) is 1. The summed E-state index contributed by atoms with van der Waals surface area (Å²) in [6, 6.07) is 0. The fourth-order valence-corrected chi connectivity index (χ4v) is 3.46. The number of hydrogen-bond donors (Lipinski definition) is 1. The lowest BCUT2D eigenvalue weighted by Crippen LogP contribution is -2.34. The SMILES string of the molecule is CCN(CC1CCC1)c1nc(C)c(CNC(C)(C)C)s1. The maximum Gasteiger partial charge on any atom is 0.185 e.